The van der Waals surface area contributed by atoms with Crippen LogP contribution in [-0.2, 0) is 28.5 Å². The summed E-state index contributed by atoms with van der Waals surface area (Å²) in [5.74, 6) is -1.55. The van der Waals surface area contributed by atoms with Crippen molar-refractivity contribution in [2.24, 2.45) is 23.7 Å². The number of amides is 1. The Kier molecular flexibility index (Phi) is 12.4. The Morgan fingerprint density at radius 3 is 2.57 bits per heavy atom. The number of benzene rings is 1. The molecule has 3 saturated heterocycles. The SMILES string of the molecule is CCOc1ccc(NC(=O)O[C@@H]2C(C)=C[C@H]3C(=O)O[C@H]4C[C@@H](C/C=C(\C)[C@@H](O)[C@@H](C)/C=C/C=C5\CO[C@H]2[C@@]53O)O[C@@]2(CC[C@H](C)[C@@H]([C@@H](C)CC)O2)C4)cc1. The summed E-state index contributed by atoms with van der Waals surface area (Å²) in [6, 6.07) is 6.91. The van der Waals surface area contributed by atoms with E-state index in [-0.39, 0.29) is 24.7 Å². The van der Waals surface area contributed by atoms with E-state index in [0.29, 0.717) is 66.7 Å². The minimum Gasteiger partial charge on any atom is -0.494 e. The van der Waals surface area contributed by atoms with Crippen LogP contribution in [0.2, 0.25) is 0 Å². The van der Waals surface area contributed by atoms with E-state index >= 15 is 0 Å². The molecule has 54 heavy (non-hydrogen) atoms. The Balaban J connectivity index is 1.32. The van der Waals surface area contributed by atoms with Crippen LogP contribution in [0.5, 0.6) is 5.75 Å². The van der Waals surface area contributed by atoms with Crippen molar-refractivity contribution in [2.75, 3.05) is 18.5 Å². The lowest BCUT2D eigenvalue weighted by Gasteiger charge is -2.51. The van der Waals surface area contributed by atoms with Crippen molar-refractivity contribution in [3.63, 3.8) is 0 Å². The molecule has 11 heteroatoms. The van der Waals surface area contributed by atoms with Crippen molar-refractivity contribution < 1.29 is 48.2 Å². The van der Waals surface area contributed by atoms with Gasteiger partial charge in [0, 0.05) is 30.9 Å². The van der Waals surface area contributed by atoms with E-state index in [1.54, 1.807) is 49.4 Å². The van der Waals surface area contributed by atoms with Crippen LogP contribution >= 0.6 is 0 Å². The molecule has 0 saturated carbocycles. The van der Waals surface area contributed by atoms with Crippen molar-refractivity contribution in [3.05, 3.63) is 71.4 Å². The van der Waals surface area contributed by atoms with Crippen molar-refractivity contribution in [1.82, 2.24) is 0 Å². The third kappa shape index (κ3) is 8.35. The van der Waals surface area contributed by atoms with Crippen LogP contribution in [0.25, 0.3) is 0 Å². The highest BCUT2D eigenvalue weighted by Crippen LogP contribution is 2.48. The van der Waals surface area contributed by atoms with Crippen molar-refractivity contribution in [1.29, 1.82) is 0 Å². The second-order valence-electron chi connectivity index (χ2n) is 16.1. The van der Waals surface area contributed by atoms with Crippen LogP contribution in [0.3, 0.4) is 0 Å². The van der Waals surface area contributed by atoms with E-state index in [9.17, 15) is 19.8 Å². The van der Waals surface area contributed by atoms with Gasteiger partial charge in [0.15, 0.2) is 11.9 Å². The molecule has 1 aliphatic carbocycles. The first-order valence-electron chi connectivity index (χ1n) is 19.8. The second kappa shape index (κ2) is 16.7. The van der Waals surface area contributed by atoms with E-state index in [1.807, 2.05) is 32.9 Å². The standard InChI is InChI=1S/C43H59NO10/c1-8-25(3)37-28(6)19-20-42(54-37)23-34-22-33(53-42)16-13-27(5)36(45)26(4)11-10-12-30-24-50-39-38(29(7)21-35(40(46)51-34)43(30,39)48)52-41(47)44-31-14-17-32(18-15-31)49-9-2/h10-15,17-18,21,25-26,28,33-39,45,48H,8-9,16,19-20,22-24H2,1-7H3,(H,44,47)/b11-10+,27-13+,30-12+/t25-,26-,28-,33+,34-,35-,36-,37+,38+,39+,42+,43+/m0/s1. The van der Waals surface area contributed by atoms with Gasteiger partial charge in [-0.3, -0.25) is 10.1 Å². The summed E-state index contributed by atoms with van der Waals surface area (Å²) in [7, 11) is 0. The summed E-state index contributed by atoms with van der Waals surface area (Å²) in [5, 5.41) is 26.7. The van der Waals surface area contributed by atoms with E-state index < -0.39 is 53.8 Å². The van der Waals surface area contributed by atoms with Crippen LogP contribution in [0.15, 0.2) is 71.4 Å². The highest BCUT2D eigenvalue weighted by Gasteiger charge is 2.61. The van der Waals surface area contributed by atoms with Crippen molar-refractivity contribution >= 4 is 17.7 Å². The van der Waals surface area contributed by atoms with Gasteiger partial charge >= 0.3 is 12.1 Å². The monoisotopic (exact) mass is 749 g/mol. The van der Waals surface area contributed by atoms with E-state index in [2.05, 4.69) is 26.1 Å². The van der Waals surface area contributed by atoms with Crippen LogP contribution in [0, 0.1) is 23.7 Å². The number of rotatable bonds is 6. The van der Waals surface area contributed by atoms with Gasteiger partial charge in [0.25, 0.3) is 0 Å². The molecule has 4 aliphatic heterocycles. The van der Waals surface area contributed by atoms with Gasteiger partial charge in [0.05, 0.1) is 31.5 Å². The fourth-order valence-corrected chi connectivity index (χ4v) is 8.75. The maximum Gasteiger partial charge on any atom is 0.412 e. The fourth-order valence-electron chi connectivity index (χ4n) is 8.75. The summed E-state index contributed by atoms with van der Waals surface area (Å²) >= 11 is 0. The number of fused-ring (bicyclic) bond motifs is 2. The van der Waals surface area contributed by atoms with Crippen LogP contribution < -0.4 is 10.1 Å². The lowest BCUT2D eigenvalue weighted by atomic mass is 9.70. The molecule has 1 amide bonds. The molecule has 1 aromatic carbocycles. The molecule has 0 unspecified atom stereocenters. The Morgan fingerprint density at radius 1 is 1.09 bits per heavy atom. The Labute approximate surface area is 319 Å². The smallest absolute Gasteiger partial charge is 0.412 e. The highest BCUT2D eigenvalue weighted by molar-refractivity contribution is 5.85. The first kappa shape index (κ1) is 40.2. The van der Waals surface area contributed by atoms with Gasteiger partial charge < -0.3 is 38.6 Å². The molecule has 296 valence electrons. The number of aliphatic hydroxyl groups is 2. The number of nitrogens with one attached hydrogen (secondary N) is 1. The maximum absolute atomic E-state index is 14.5. The minimum atomic E-state index is -1.89. The first-order valence-corrected chi connectivity index (χ1v) is 19.8. The Hall–Kier alpha value is -3.48. The molecular weight excluding hydrogens is 690 g/mol. The third-order valence-electron chi connectivity index (χ3n) is 12.1. The van der Waals surface area contributed by atoms with Gasteiger partial charge in [-0.05, 0) is 86.4 Å². The molecule has 2 bridgehead atoms. The second-order valence-corrected chi connectivity index (χ2v) is 16.1. The number of carbonyl (C=O) groups excluding carboxylic acids is 2. The van der Waals surface area contributed by atoms with Gasteiger partial charge in [-0.15, -0.1) is 0 Å². The molecule has 1 spiro atoms. The van der Waals surface area contributed by atoms with Gasteiger partial charge in [-0.25, -0.2) is 4.79 Å². The van der Waals surface area contributed by atoms with Crippen LogP contribution in [0.4, 0.5) is 10.5 Å². The predicted octanol–water partition coefficient (Wildman–Crippen LogP) is 7.19. The number of anilines is 1. The van der Waals surface area contributed by atoms with Gasteiger partial charge in [-0.2, -0.15) is 0 Å². The zero-order valence-corrected chi connectivity index (χ0v) is 32.8. The predicted molar refractivity (Wildman–Crippen MR) is 204 cm³/mol. The summed E-state index contributed by atoms with van der Waals surface area (Å²) in [6.07, 6.45) is 8.48. The van der Waals surface area contributed by atoms with Gasteiger partial charge in [0.1, 0.15) is 29.5 Å². The topological polar surface area (TPSA) is 142 Å². The molecule has 3 N–H and O–H groups in total. The Morgan fingerprint density at radius 2 is 1.85 bits per heavy atom. The number of carbonyl (C=O) groups is 2. The molecule has 11 nitrogen and oxygen atoms in total. The lowest BCUT2D eigenvalue weighted by molar-refractivity contribution is -0.340. The number of esters is 1. The number of allylic oxidation sites excluding steroid dienone is 2. The van der Waals surface area contributed by atoms with Gasteiger partial charge in [-0.1, -0.05) is 64.5 Å². The third-order valence-corrected chi connectivity index (χ3v) is 12.1. The lowest BCUT2D eigenvalue weighted by Crippen LogP contribution is -2.59. The minimum absolute atomic E-state index is 0.000692. The average Bonchev–Trinajstić information content (AvgIpc) is 3.48. The molecule has 12 atom stereocenters. The highest BCUT2D eigenvalue weighted by atomic mass is 16.7. The van der Waals surface area contributed by atoms with E-state index in [1.165, 1.54) is 0 Å². The van der Waals surface area contributed by atoms with Crippen molar-refractivity contribution in [3.8, 4) is 5.75 Å². The Bertz CT molecular complexity index is 1630. The molecule has 0 aromatic heterocycles. The van der Waals surface area contributed by atoms with Crippen LogP contribution in [-0.4, -0.2) is 83.5 Å². The largest absolute Gasteiger partial charge is 0.494 e. The van der Waals surface area contributed by atoms with Gasteiger partial charge in [0.2, 0.25) is 0 Å². The summed E-state index contributed by atoms with van der Waals surface area (Å²) < 4.78 is 37.7. The summed E-state index contributed by atoms with van der Waals surface area (Å²) in [6.45, 7) is 14.6. The zero-order chi connectivity index (χ0) is 38.8. The molecule has 0 radical (unpaired) electrons. The molecule has 1 aromatic rings. The van der Waals surface area contributed by atoms with Crippen molar-refractivity contribution in [2.45, 2.75) is 135 Å². The summed E-state index contributed by atoms with van der Waals surface area (Å²) in [4.78, 5) is 27.7. The first-order chi connectivity index (χ1) is 25.8. The number of aliphatic hydroxyl groups excluding tert-OH is 1. The number of hydrogen-bond acceptors (Lipinski definition) is 10. The molecule has 4 heterocycles. The number of hydrogen-bond donors (Lipinski definition) is 3. The molecule has 6 rings (SSSR count). The molecular formula is C43H59NO10. The summed E-state index contributed by atoms with van der Waals surface area (Å²) in [5.41, 5.74) is 0.432. The fraction of sp³-hybridized carbons (Fsp3) is 0.628. The average molecular weight is 750 g/mol. The van der Waals surface area contributed by atoms with E-state index in [4.69, 9.17) is 28.4 Å². The molecule has 5 aliphatic rings. The number of ether oxygens (including phenoxy) is 6. The quantitative estimate of drug-likeness (QED) is 0.202. The maximum atomic E-state index is 14.5. The molecule has 3 fully saturated rings. The normalized spacial score (nSPS) is 40.1. The van der Waals surface area contributed by atoms with E-state index in [0.717, 1.165) is 18.4 Å². The zero-order valence-electron chi connectivity index (χ0n) is 32.8. The van der Waals surface area contributed by atoms with Crippen LogP contribution in [0.1, 0.15) is 87.0 Å².